The maximum absolute atomic E-state index is 14.0. The number of piperidine rings is 1. The number of hydrogen-bond acceptors (Lipinski definition) is 3. The van der Waals surface area contributed by atoms with Crippen LogP contribution in [0.5, 0.6) is 0 Å². The Bertz CT molecular complexity index is 726. The van der Waals surface area contributed by atoms with Crippen LogP contribution in [0.25, 0.3) is 0 Å². The first kappa shape index (κ1) is 23.6. The van der Waals surface area contributed by atoms with E-state index >= 15 is 0 Å². The van der Waals surface area contributed by atoms with E-state index in [-0.39, 0.29) is 11.7 Å². The Hall–Kier alpha value is -2.10. The highest BCUT2D eigenvalue weighted by molar-refractivity contribution is 5.80. The van der Waals surface area contributed by atoms with E-state index in [0.717, 1.165) is 25.7 Å². The highest BCUT2D eigenvalue weighted by Gasteiger charge is 2.32. The molecule has 1 unspecified atom stereocenters. The Morgan fingerprint density at radius 1 is 1.10 bits per heavy atom. The lowest BCUT2D eigenvalue weighted by Crippen LogP contribution is -2.45. The third-order valence-electron chi connectivity index (χ3n) is 5.96. The number of benzene rings is 1. The molecule has 3 rings (SSSR count). The molecule has 1 aromatic carbocycles. The molecule has 1 atom stereocenters. The molecular formula is C21H30F5N5. The molecular weight excluding hydrogens is 417 g/mol. The normalized spacial score (nSPS) is 21.5. The van der Waals surface area contributed by atoms with Crippen molar-refractivity contribution in [2.24, 2.45) is 10.9 Å². The molecule has 0 bridgehead atoms. The SMILES string of the molecule is CN=C(NCCC1CCN(CC(F)(F)F)CC1)NC1CCN(c2c(F)cccc2F)C1. The van der Waals surface area contributed by atoms with Gasteiger partial charge in [0.05, 0.1) is 6.54 Å². The molecule has 174 valence electrons. The van der Waals surface area contributed by atoms with Gasteiger partial charge in [-0.15, -0.1) is 0 Å². The lowest BCUT2D eigenvalue weighted by Gasteiger charge is -2.32. The highest BCUT2D eigenvalue weighted by Crippen LogP contribution is 2.27. The van der Waals surface area contributed by atoms with Gasteiger partial charge in [-0.1, -0.05) is 6.07 Å². The van der Waals surface area contributed by atoms with Crippen molar-refractivity contribution in [3.05, 3.63) is 29.8 Å². The number of likely N-dealkylation sites (tertiary alicyclic amines) is 1. The van der Waals surface area contributed by atoms with Gasteiger partial charge < -0.3 is 15.5 Å². The Morgan fingerprint density at radius 3 is 2.39 bits per heavy atom. The smallest absolute Gasteiger partial charge is 0.365 e. The second kappa shape index (κ2) is 10.5. The topological polar surface area (TPSA) is 42.9 Å². The van der Waals surface area contributed by atoms with E-state index in [1.54, 1.807) is 11.9 Å². The fourth-order valence-electron chi connectivity index (χ4n) is 4.34. The minimum absolute atomic E-state index is 0.00612. The summed E-state index contributed by atoms with van der Waals surface area (Å²) in [5.74, 6) is -0.120. The van der Waals surface area contributed by atoms with Gasteiger partial charge in [0.1, 0.15) is 17.3 Å². The molecule has 5 nitrogen and oxygen atoms in total. The van der Waals surface area contributed by atoms with Crippen molar-refractivity contribution in [2.75, 3.05) is 51.2 Å². The molecule has 10 heteroatoms. The van der Waals surface area contributed by atoms with Crippen LogP contribution >= 0.6 is 0 Å². The number of guanidine groups is 1. The molecule has 0 spiro atoms. The lowest BCUT2D eigenvalue weighted by atomic mass is 9.93. The summed E-state index contributed by atoms with van der Waals surface area (Å²) in [4.78, 5) is 7.38. The summed E-state index contributed by atoms with van der Waals surface area (Å²) < 4.78 is 65.5. The zero-order chi connectivity index (χ0) is 22.4. The number of alkyl halides is 3. The number of para-hydroxylation sites is 1. The van der Waals surface area contributed by atoms with E-state index in [9.17, 15) is 22.0 Å². The molecule has 0 aliphatic carbocycles. The molecule has 2 heterocycles. The van der Waals surface area contributed by atoms with Crippen LogP contribution in [-0.4, -0.2) is 69.4 Å². The van der Waals surface area contributed by atoms with Gasteiger partial charge in [-0.05, 0) is 56.8 Å². The van der Waals surface area contributed by atoms with Crippen molar-refractivity contribution in [2.45, 2.75) is 37.9 Å². The first-order valence-corrected chi connectivity index (χ1v) is 10.7. The Labute approximate surface area is 179 Å². The van der Waals surface area contributed by atoms with E-state index < -0.39 is 24.4 Å². The zero-order valence-electron chi connectivity index (χ0n) is 17.7. The number of rotatable bonds is 6. The lowest BCUT2D eigenvalue weighted by molar-refractivity contribution is -0.148. The van der Waals surface area contributed by atoms with Crippen molar-refractivity contribution in [1.82, 2.24) is 15.5 Å². The van der Waals surface area contributed by atoms with Crippen LogP contribution in [0.2, 0.25) is 0 Å². The van der Waals surface area contributed by atoms with Gasteiger partial charge >= 0.3 is 6.18 Å². The quantitative estimate of drug-likeness (QED) is 0.399. The molecule has 1 aromatic rings. The summed E-state index contributed by atoms with van der Waals surface area (Å²) in [6.45, 7) is 1.80. The fourth-order valence-corrected chi connectivity index (χ4v) is 4.34. The van der Waals surface area contributed by atoms with E-state index in [1.165, 1.54) is 23.1 Å². The van der Waals surface area contributed by atoms with Crippen LogP contribution in [0.3, 0.4) is 0 Å². The molecule has 2 N–H and O–H groups in total. The van der Waals surface area contributed by atoms with Crippen LogP contribution in [0.15, 0.2) is 23.2 Å². The van der Waals surface area contributed by atoms with E-state index in [1.807, 2.05) is 0 Å². The molecule has 0 amide bonds. The van der Waals surface area contributed by atoms with Crippen LogP contribution in [0.1, 0.15) is 25.7 Å². The number of anilines is 1. The third kappa shape index (κ3) is 6.95. The van der Waals surface area contributed by atoms with Crippen LogP contribution in [0.4, 0.5) is 27.6 Å². The molecule has 2 saturated heterocycles. The second-order valence-electron chi connectivity index (χ2n) is 8.27. The number of nitrogens with zero attached hydrogens (tertiary/aromatic N) is 3. The Balaban J connectivity index is 1.38. The molecule has 31 heavy (non-hydrogen) atoms. The van der Waals surface area contributed by atoms with Crippen molar-refractivity contribution in [1.29, 1.82) is 0 Å². The van der Waals surface area contributed by atoms with Crippen molar-refractivity contribution < 1.29 is 22.0 Å². The van der Waals surface area contributed by atoms with Gasteiger partial charge in [0, 0.05) is 32.7 Å². The maximum Gasteiger partial charge on any atom is 0.401 e. The predicted molar refractivity (Wildman–Crippen MR) is 111 cm³/mol. The van der Waals surface area contributed by atoms with E-state index in [2.05, 4.69) is 15.6 Å². The van der Waals surface area contributed by atoms with Gasteiger partial charge in [-0.3, -0.25) is 9.89 Å². The van der Waals surface area contributed by atoms with Gasteiger partial charge in [-0.25, -0.2) is 8.78 Å². The summed E-state index contributed by atoms with van der Waals surface area (Å²) in [7, 11) is 1.66. The Morgan fingerprint density at radius 2 is 1.77 bits per heavy atom. The third-order valence-corrected chi connectivity index (χ3v) is 5.96. The number of aliphatic imine (C=N–C) groups is 1. The minimum Gasteiger partial charge on any atom is -0.365 e. The van der Waals surface area contributed by atoms with Crippen LogP contribution in [0, 0.1) is 17.6 Å². The van der Waals surface area contributed by atoms with Gasteiger partial charge in [0.25, 0.3) is 0 Å². The number of hydrogen-bond donors (Lipinski definition) is 2. The summed E-state index contributed by atoms with van der Waals surface area (Å²) in [5.41, 5.74) is 0.00612. The molecule has 0 aromatic heterocycles. The standard InChI is InChI=1S/C21H30F5N5/c1-27-20(28-9-5-15-6-10-30(11-7-15)14-21(24,25)26)29-16-8-12-31(13-16)19-17(22)3-2-4-18(19)23/h2-4,15-16H,5-14H2,1H3,(H2,27,28,29). The fraction of sp³-hybridized carbons (Fsp3) is 0.667. The monoisotopic (exact) mass is 447 g/mol. The summed E-state index contributed by atoms with van der Waals surface area (Å²) in [6, 6.07) is 3.88. The maximum atomic E-state index is 14.0. The predicted octanol–water partition coefficient (Wildman–Crippen LogP) is 3.37. The largest absolute Gasteiger partial charge is 0.401 e. The minimum atomic E-state index is -4.14. The summed E-state index contributed by atoms with van der Waals surface area (Å²) in [6.07, 6.45) is -1.03. The molecule has 2 aliphatic heterocycles. The van der Waals surface area contributed by atoms with Crippen molar-refractivity contribution >= 4 is 11.6 Å². The molecule has 2 aliphatic rings. The van der Waals surface area contributed by atoms with Crippen LogP contribution < -0.4 is 15.5 Å². The summed E-state index contributed by atoms with van der Waals surface area (Å²) in [5, 5.41) is 6.54. The average Bonchev–Trinajstić information content (AvgIpc) is 3.15. The number of halogens is 5. The summed E-state index contributed by atoms with van der Waals surface area (Å²) >= 11 is 0. The number of nitrogens with one attached hydrogen (secondary N) is 2. The highest BCUT2D eigenvalue weighted by atomic mass is 19.4. The van der Waals surface area contributed by atoms with E-state index in [0.29, 0.717) is 44.6 Å². The second-order valence-corrected chi connectivity index (χ2v) is 8.27. The van der Waals surface area contributed by atoms with Gasteiger partial charge in [0.2, 0.25) is 0 Å². The van der Waals surface area contributed by atoms with E-state index in [4.69, 9.17) is 0 Å². The van der Waals surface area contributed by atoms with Crippen LogP contribution in [-0.2, 0) is 0 Å². The molecule has 0 saturated carbocycles. The first-order valence-electron chi connectivity index (χ1n) is 10.7. The zero-order valence-corrected chi connectivity index (χ0v) is 17.7. The van der Waals surface area contributed by atoms with Crippen molar-refractivity contribution in [3.8, 4) is 0 Å². The molecule has 2 fully saturated rings. The van der Waals surface area contributed by atoms with Gasteiger partial charge in [-0.2, -0.15) is 13.2 Å². The Kier molecular flexibility index (Phi) is 7.96. The first-order chi connectivity index (χ1) is 14.7. The van der Waals surface area contributed by atoms with Crippen molar-refractivity contribution in [3.63, 3.8) is 0 Å². The average molecular weight is 447 g/mol. The van der Waals surface area contributed by atoms with Gasteiger partial charge in [0.15, 0.2) is 5.96 Å². The molecule has 0 radical (unpaired) electrons.